The summed E-state index contributed by atoms with van der Waals surface area (Å²) >= 11 is 2.09. The zero-order valence-corrected chi connectivity index (χ0v) is 23.7. The molecule has 0 aliphatic carbocycles. The maximum Gasteiger partial charge on any atom is 0.352 e. The van der Waals surface area contributed by atoms with E-state index in [0.717, 1.165) is 27.6 Å². The maximum atomic E-state index is 13.2. The second-order valence-electron chi connectivity index (χ2n) is 9.29. The highest BCUT2D eigenvalue weighted by molar-refractivity contribution is 8.00. The SMILES string of the molecule is Nc1nc(C(=NOCF)C(=O)NC2C(=O)N3C(C(=O)O)=C(C[n+]4cccc5c4ncn5Cc4ccccn4)CSC23)ns1. The van der Waals surface area contributed by atoms with Gasteiger partial charge in [-0.15, -0.1) is 11.8 Å². The van der Waals surface area contributed by atoms with Gasteiger partial charge in [-0.2, -0.15) is 9.36 Å². The highest BCUT2D eigenvalue weighted by atomic mass is 32.2. The van der Waals surface area contributed by atoms with Gasteiger partial charge in [0.25, 0.3) is 18.7 Å². The summed E-state index contributed by atoms with van der Waals surface area (Å²) in [6, 6.07) is 8.35. The number of carbonyl (C=O) groups excluding carboxylic acids is 2. The number of carboxylic acids is 1. The lowest BCUT2D eigenvalue weighted by Crippen LogP contribution is -2.71. The minimum atomic E-state index is -1.31. The number of hydrogen-bond donors (Lipinski definition) is 3. The number of nitrogen functional groups attached to an aromatic ring is 1. The number of aliphatic carboxylic acids is 1. The molecule has 4 aromatic rings. The number of alkyl halides is 1. The molecule has 2 aliphatic rings. The monoisotopic (exact) mass is 625 g/mol. The number of nitrogens with two attached hydrogens (primary N) is 1. The van der Waals surface area contributed by atoms with Crippen molar-refractivity contribution in [1.82, 2.24) is 34.1 Å². The molecule has 0 spiro atoms. The third kappa shape index (κ3) is 5.37. The van der Waals surface area contributed by atoms with Gasteiger partial charge in [0.1, 0.15) is 29.2 Å². The summed E-state index contributed by atoms with van der Waals surface area (Å²) in [6.07, 6.45) is 5.22. The first-order chi connectivity index (χ1) is 20.9. The van der Waals surface area contributed by atoms with E-state index in [2.05, 4.69) is 34.6 Å². The highest BCUT2D eigenvalue weighted by Crippen LogP contribution is 2.40. The number of fused-ring (bicyclic) bond motifs is 2. The summed E-state index contributed by atoms with van der Waals surface area (Å²) in [4.78, 5) is 56.9. The zero-order chi connectivity index (χ0) is 30.1. The number of imidazole rings is 1. The molecule has 2 aliphatic heterocycles. The number of β-lactam (4-membered cyclic amide) rings is 1. The predicted molar refractivity (Wildman–Crippen MR) is 151 cm³/mol. The van der Waals surface area contributed by atoms with E-state index in [9.17, 15) is 23.9 Å². The average Bonchev–Trinajstić information content (AvgIpc) is 3.62. The van der Waals surface area contributed by atoms with Gasteiger partial charge in [0.2, 0.25) is 17.9 Å². The lowest BCUT2D eigenvalue weighted by atomic mass is 10.0. The van der Waals surface area contributed by atoms with Crippen LogP contribution in [0, 0.1) is 0 Å². The number of hydrogen-bond acceptors (Lipinski definition) is 12. The van der Waals surface area contributed by atoms with Crippen LogP contribution in [0.25, 0.3) is 11.2 Å². The number of nitrogens with zero attached hydrogens (tertiary/aromatic N) is 8. The number of anilines is 1. The van der Waals surface area contributed by atoms with Gasteiger partial charge in [-0.1, -0.05) is 11.2 Å². The van der Waals surface area contributed by atoms with E-state index in [1.807, 2.05) is 39.5 Å². The van der Waals surface area contributed by atoms with Crippen molar-refractivity contribution < 1.29 is 33.3 Å². The van der Waals surface area contributed by atoms with E-state index in [4.69, 9.17) is 5.73 Å². The van der Waals surface area contributed by atoms with Crippen LogP contribution < -0.4 is 15.6 Å². The summed E-state index contributed by atoms with van der Waals surface area (Å²) in [6.45, 7) is -0.624. The largest absolute Gasteiger partial charge is 0.477 e. The van der Waals surface area contributed by atoms with E-state index in [0.29, 0.717) is 17.8 Å². The van der Waals surface area contributed by atoms with Crippen LogP contribution in [-0.2, 0) is 32.3 Å². The minimum absolute atomic E-state index is 0.0433. The average molecular weight is 626 g/mol. The number of rotatable bonds is 10. The molecule has 4 N–H and O–H groups in total. The molecular formula is C25H22FN10O5S2+. The first-order valence-electron chi connectivity index (χ1n) is 12.6. The lowest BCUT2D eigenvalue weighted by molar-refractivity contribution is -0.664. The van der Waals surface area contributed by atoms with Gasteiger partial charge < -0.3 is 21.0 Å². The van der Waals surface area contributed by atoms with Gasteiger partial charge >= 0.3 is 11.6 Å². The third-order valence-corrected chi connectivity index (χ3v) is 8.56. The molecule has 0 aromatic carbocycles. The van der Waals surface area contributed by atoms with Gasteiger partial charge in [-0.25, -0.2) is 13.8 Å². The molecule has 2 atom stereocenters. The molecule has 43 heavy (non-hydrogen) atoms. The minimum Gasteiger partial charge on any atom is -0.477 e. The van der Waals surface area contributed by atoms with Gasteiger partial charge in [0.15, 0.2) is 5.13 Å². The Bertz CT molecular complexity index is 1790. The fourth-order valence-corrected chi connectivity index (χ4v) is 6.60. The number of oxime groups is 1. The standard InChI is InChI=1S/C25H21FN10O5S2/c26-11-41-32-16(19-31-25(27)43-33-19)21(37)30-17-22(38)36-18(24(39)40)13(10-42-23(17)36)8-34-7-3-5-15-20(34)29-12-35(15)9-14-4-1-2-6-28-14/h1-7,12,17,23H,8-11H2,(H3-,27,30,31,33,37,39,40)/p+1. The topological polar surface area (TPSA) is 195 Å². The summed E-state index contributed by atoms with van der Waals surface area (Å²) in [5.41, 5.74) is 7.79. The first-order valence-corrected chi connectivity index (χ1v) is 14.5. The number of carboxylic acid groups (broad SMARTS) is 1. The Kier molecular flexibility index (Phi) is 7.68. The number of thioether (sulfide) groups is 1. The summed E-state index contributed by atoms with van der Waals surface area (Å²) in [5.74, 6) is -2.72. The van der Waals surface area contributed by atoms with Crippen LogP contribution in [-0.4, -0.2) is 81.4 Å². The van der Waals surface area contributed by atoms with Crippen molar-refractivity contribution in [2.24, 2.45) is 5.16 Å². The lowest BCUT2D eigenvalue weighted by Gasteiger charge is -2.49. The van der Waals surface area contributed by atoms with Gasteiger partial charge in [0, 0.05) is 29.1 Å². The molecule has 18 heteroatoms. The Balaban J connectivity index is 1.22. The number of carbonyl (C=O) groups is 3. The Morgan fingerprint density at radius 2 is 2.14 bits per heavy atom. The van der Waals surface area contributed by atoms with Crippen molar-refractivity contribution >= 4 is 63.1 Å². The number of aromatic nitrogens is 6. The van der Waals surface area contributed by atoms with E-state index in [1.54, 1.807) is 18.7 Å². The Morgan fingerprint density at radius 3 is 2.86 bits per heavy atom. The molecule has 1 saturated heterocycles. The van der Waals surface area contributed by atoms with Gasteiger partial charge in [0.05, 0.1) is 18.4 Å². The van der Waals surface area contributed by atoms with Gasteiger partial charge in [-0.3, -0.25) is 24.0 Å². The molecule has 220 valence electrons. The molecule has 6 rings (SSSR count). The van der Waals surface area contributed by atoms with Crippen LogP contribution in [0.2, 0.25) is 0 Å². The van der Waals surface area contributed by atoms with E-state index in [-0.39, 0.29) is 29.0 Å². The first kappa shape index (κ1) is 28.2. The molecule has 2 amide bonds. The molecule has 2 unspecified atom stereocenters. The molecule has 1 fully saturated rings. The van der Waals surface area contributed by atoms with E-state index in [1.165, 1.54) is 11.8 Å². The molecule has 0 radical (unpaired) electrons. The Hall–Kier alpha value is -4.97. The molecule has 4 aromatic heterocycles. The van der Waals surface area contributed by atoms with Crippen LogP contribution in [0.5, 0.6) is 0 Å². The van der Waals surface area contributed by atoms with Crippen molar-refractivity contribution in [3.63, 3.8) is 0 Å². The number of amides is 2. The predicted octanol–water partition coefficient (Wildman–Crippen LogP) is 0.287. The van der Waals surface area contributed by atoms with Crippen LogP contribution in [0.1, 0.15) is 11.5 Å². The molecule has 0 saturated carbocycles. The second-order valence-corrected chi connectivity index (χ2v) is 11.2. The fraction of sp³-hybridized carbons (Fsp3) is 0.240. The summed E-state index contributed by atoms with van der Waals surface area (Å²) < 4.78 is 20.3. The van der Waals surface area contributed by atoms with Crippen molar-refractivity contribution in [2.75, 3.05) is 18.3 Å². The smallest absolute Gasteiger partial charge is 0.352 e. The van der Waals surface area contributed by atoms with E-state index < -0.39 is 41.8 Å². The molecule has 15 nitrogen and oxygen atoms in total. The third-order valence-electron chi connectivity index (χ3n) is 6.68. The quantitative estimate of drug-likeness (QED) is 0.0949. The van der Waals surface area contributed by atoms with Crippen LogP contribution in [0.4, 0.5) is 9.52 Å². The Morgan fingerprint density at radius 1 is 1.28 bits per heavy atom. The normalized spacial score (nSPS) is 18.4. The summed E-state index contributed by atoms with van der Waals surface area (Å²) in [7, 11) is 0. The molecule has 6 heterocycles. The number of halogens is 1. The van der Waals surface area contributed by atoms with Crippen molar-refractivity contribution in [3.05, 3.63) is 71.8 Å². The van der Waals surface area contributed by atoms with Crippen LogP contribution in [0.15, 0.2) is 65.5 Å². The fourth-order valence-electron chi connectivity index (χ4n) is 4.83. The highest BCUT2D eigenvalue weighted by Gasteiger charge is 2.54. The second kappa shape index (κ2) is 11.7. The van der Waals surface area contributed by atoms with Crippen molar-refractivity contribution in [3.8, 4) is 0 Å². The summed E-state index contributed by atoms with van der Waals surface area (Å²) in [5, 5.41) is 15.4. The number of nitrogens with one attached hydrogen (secondary N) is 1. The van der Waals surface area contributed by atoms with Gasteiger partial charge in [-0.05, 0) is 29.2 Å². The zero-order valence-electron chi connectivity index (χ0n) is 22.0. The maximum absolute atomic E-state index is 13.2. The van der Waals surface area contributed by atoms with Crippen molar-refractivity contribution in [2.45, 2.75) is 24.5 Å². The number of pyridine rings is 2. The van der Waals surface area contributed by atoms with Crippen molar-refractivity contribution in [1.29, 1.82) is 0 Å². The molecular weight excluding hydrogens is 603 g/mol. The van der Waals surface area contributed by atoms with Crippen LogP contribution >= 0.6 is 23.3 Å². The van der Waals surface area contributed by atoms with E-state index >= 15 is 0 Å². The Labute approximate surface area is 250 Å². The molecule has 0 bridgehead atoms. The van der Waals surface area contributed by atoms with Crippen LogP contribution in [0.3, 0.4) is 0 Å².